The summed E-state index contributed by atoms with van der Waals surface area (Å²) in [5, 5.41) is 0. The van der Waals surface area contributed by atoms with Gasteiger partial charge >= 0.3 is 0 Å². The number of nitrogens with zero attached hydrogens (tertiary/aromatic N) is 1. The zero-order valence-electron chi connectivity index (χ0n) is 12.3. The van der Waals surface area contributed by atoms with Crippen LogP contribution in [0.15, 0.2) is 24.3 Å². The number of benzene rings is 1. The van der Waals surface area contributed by atoms with Crippen LogP contribution >= 0.6 is 0 Å². The molecule has 0 atom stereocenters. The van der Waals surface area contributed by atoms with Gasteiger partial charge < -0.3 is 15.4 Å². The van der Waals surface area contributed by atoms with Crippen LogP contribution in [0.3, 0.4) is 0 Å². The molecule has 1 rings (SSSR count). The topological polar surface area (TPSA) is 55.6 Å². The Labute approximate surface area is 115 Å². The maximum atomic E-state index is 12.0. The van der Waals surface area contributed by atoms with Crippen molar-refractivity contribution in [2.24, 2.45) is 0 Å². The number of amides is 1. The summed E-state index contributed by atoms with van der Waals surface area (Å²) in [5.74, 6) is 0.717. The molecule has 0 saturated heterocycles. The molecule has 4 heteroatoms. The second kappa shape index (κ2) is 6.45. The van der Waals surface area contributed by atoms with Crippen molar-refractivity contribution in [3.63, 3.8) is 0 Å². The maximum Gasteiger partial charge on any atom is 0.226 e. The van der Waals surface area contributed by atoms with Crippen molar-refractivity contribution in [1.29, 1.82) is 0 Å². The van der Waals surface area contributed by atoms with Gasteiger partial charge in [-0.25, -0.2) is 0 Å². The molecule has 0 saturated carbocycles. The molecular weight excluding hydrogens is 240 g/mol. The fourth-order valence-electron chi connectivity index (χ4n) is 1.60. The van der Waals surface area contributed by atoms with Crippen molar-refractivity contribution in [1.82, 2.24) is 4.90 Å². The van der Waals surface area contributed by atoms with Crippen LogP contribution in [0, 0.1) is 0 Å². The summed E-state index contributed by atoms with van der Waals surface area (Å²) in [5.41, 5.74) is 6.24. The number of hydrogen-bond acceptors (Lipinski definition) is 3. The van der Waals surface area contributed by atoms with E-state index in [2.05, 4.69) is 20.8 Å². The highest BCUT2D eigenvalue weighted by molar-refractivity contribution is 5.76. The van der Waals surface area contributed by atoms with Gasteiger partial charge in [0.15, 0.2) is 0 Å². The normalized spacial score (nSPS) is 11.2. The molecule has 0 aromatic heterocycles. The van der Waals surface area contributed by atoms with Crippen molar-refractivity contribution in [2.75, 3.05) is 19.4 Å². The largest absolute Gasteiger partial charge is 0.491 e. The van der Waals surface area contributed by atoms with Crippen LogP contribution < -0.4 is 10.5 Å². The molecule has 1 amide bonds. The number of para-hydroxylation sites is 2. The van der Waals surface area contributed by atoms with Crippen molar-refractivity contribution in [3.05, 3.63) is 24.3 Å². The Balaban J connectivity index is 2.46. The SMILES string of the molecule is CCC(C)(C)N(C)C(=O)CCOc1ccccc1N. The van der Waals surface area contributed by atoms with Crippen molar-refractivity contribution < 1.29 is 9.53 Å². The number of nitrogen functional groups attached to an aromatic ring is 1. The van der Waals surface area contributed by atoms with Gasteiger partial charge in [0.05, 0.1) is 18.7 Å². The zero-order valence-corrected chi connectivity index (χ0v) is 12.3. The Morgan fingerprint density at radius 2 is 2.00 bits per heavy atom. The van der Waals surface area contributed by atoms with Gasteiger partial charge in [-0.15, -0.1) is 0 Å². The lowest BCUT2D eigenvalue weighted by atomic mass is 10.00. The average Bonchev–Trinajstić information content (AvgIpc) is 2.39. The lowest BCUT2D eigenvalue weighted by Crippen LogP contribution is -2.44. The molecule has 0 aliphatic carbocycles. The second-order valence-electron chi connectivity index (χ2n) is 5.26. The molecule has 0 bridgehead atoms. The Hall–Kier alpha value is -1.71. The zero-order chi connectivity index (χ0) is 14.5. The summed E-state index contributed by atoms with van der Waals surface area (Å²) in [6.07, 6.45) is 1.27. The van der Waals surface area contributed by atoms with Crippen LogP contribution in [0.4, 0.5) is 5.69 Å². The highest BCUT2D eigenvalue weighted by atomic mass is 16.5. The molecule has 0 radical (unpaired) electrons. The fourth-order valence-corrected chi connectivity index (χ4v) is 1.60. The van der Waals surface area contributed by atoms with Crippen molar-refractivity contribution in [2.45, 2.75) is 39.2 Å². The summed E-state index contributed by atoms with van der Waals surface area (Å²) in [6, 6.07) is 7.30. The number of rotatable bonds is 6. The monoisotopic (exact) mass is 264 g/mol. The first kappa shape index (κ1) is 15.3. The minimum Gasteiger partial charge on any atom is -0.491 e. The molecule has 0 aliphatic heterocycles. The van der Waals surface area contributed by atoms with Gasteiger partial charge in [-0.2, -0.15) is 0 Å². The Morgan fingerprint density at radius 3 is 2.58 bits per heavy atom. The lowest BCUT2D eigenvalue weighted by Gasteiger charge is -2.34. The van der Waals surface area contributed by atoms with E-state index in [1.807, 2.05) is 19.2 Å². The highest BCUT2D eigenvalue weighted by Gasteiger charge is 2.25. The number of ether oxygens (including phenoxy) is 1. The van der Waals surface area contributed by atoms with Crippen LogP contribution in [0.5, 0.6) is 5.75 Å². The molecule has 0 aliphatic rings. The molecule has 19 heavy (non-hydrogen) atoms. The first-order valence-corrected chi connectivity index (χ1v) is 6.62. The summed E-state index contributed by atoms with van der Waals surface area (Å²) < 4.78 is 5.53. The number of hydrogen-bond donors (Lipinski definition) is 1. The third-order valence-corrected chi connectivity index (χ3v) is 3.64. The Morgan fingerprint density at radius 1 is 1.37 bits per heavy atom. The first-order valence-electron chi connectivity index (χ1n) is 6.62. The van der Waals surface area contributed by atoms with Crippen LogP contribution in [-0.2, 0) is 4.79 Å². The quantitative estimate of drug-likeness (QED) is 0.804. The summed E-state index contributed by atoms with van der Waals surface area (Å²) in [6.45, 7) is 6.53. The number of anilines is 1. The Bertz CT molecular complexity index is 430. The van der Waals surface area contributed by atoms with Crippen LogP contribution in [0.2, 0.25) is 0 Å². The lowest BCUT2D eigenvalue weighted by molar-refractivity contribution is -0.135. The van der Waals surface area contributed by atoms with E-state index >= 15 is 0 Å². The van der Waals surface area contributed by atoms with Gasteiger partial charge in [0.25, 0.3) is 0 Å². The van der Waals surface area contributed by atoms with E-state index in [0.29, 0.717) is 24.5 Å². The van der Waals surface area contributed by atoms with E-state index in [9.17, 15) is 4.79 Å². The average molecular weight is 264 g/mol. The van der Waals surface area contributed by atoms with Gasteiger partial charge in [-0.1, -0.05) is 19.1 Å². The maximum absolute atomic E-state index is 12.0. The summed E-state index contributed by atoms with van der Waals surface area (Å²) in [7, 11) is 1.84. The van der Waals surface area contributed by atoms with Gasteiger partial charge in [0, 0.05) is 12.6 Å². The smallest absolute Gasteiger partial charge is 0.226 e. The van der Waals surface area contributed by atoms with Crippen LogP contribution in [-0.4, -0.2) is 30.0 Å². The third-order valence-electron chi connectivity index (χ3n) is 3.64. The van der Waals surface area contributed by atoms with E-state index in [4.69, 9.17) is 10.5 Å². The first-order chi connectivity index (χ1) is 8.88. The number of carbonyl (C=O) groups is 1. The van der Waals surface area contributed by atoms with E-state index in [-0.39, 0.29) is 11.4 Å². The fraction of sp³-hybridized carbons (Fsp3) is 0.533. The van der Waals surface area contributed by atoms with Gasteiger partial charge in [0.1, 0.15) is 5.75 Å². The van der Waals surface area contributed by atoms with Crippen molar-refractivity contribution in [3.8, 4) is 5.75 Å². The molecule has 2 N–H and O–H groups in total. The molecule has 0 unspecified atom stereocenters. The van der Waals surface area contributed by atoms with Gasteiger partial charge in [0.2, 0.25) is 5.91 Å². The van der Waals surface area contributed by atoms with E-state index < -0.39 is 0 Å². The predicted octanol–water partition coefficient (Wildman–Crippen LogP) is 2.68. The number of carbonyl (C=O) groups excluding carboxylic acids is 1. The minimum atomic E-state index is -0.122. The van der Waals surface area contributed by atoms with Crippen molar-refractivity contribution >= 4 is 11.6 Å². The molecule has 1 aromatic rings. The van der Waals surface area contributed by atoms with Gasteiger partial charge in [-0.05, 0) is 32.4 Å². The van der Waals surface area contributed by atoms with Crippen LogP contribution in [0.1, 0.15) is 33.6 Å². The molecule has 1 aromatic carbocycles. The minimum absolute atomic E-state index is 0.0846. The molecule has 0 fully saturated rings. The predicted molar refractivity (Wildman–Crippen MR) is 78.1 cm³/mol. The Kier molecular flexibility index (Phi) is 5.21. The van der Waals surface area contributed by atoms with E-state index in [0.717, 1.165) is 6.42 Å². The standard InChI is InChI=1S/C15H24N2O2/c1-5-15(2,3)17(4)14(18)10-11-19-13-9-7-6-8-12(13)16/h6-9H,5,10-11,16H2,1-4H3. The molecule has 0 heterocycles. The second-order valence-corrected chi connectivity index (χ2v) is 5.26. The summed E-state index contributed by atoms with van der Waals surface area (Å²) in [4.78, 5) is 13.8. The van der Waals surface area contributed by atoms with E-state index in [1.54, 1.807) is 17.0 Å². The van der Waals surface area contributed by atoms with E-state index in [1.165, 1.54) is 0 Å². The molecule has 4 nitrogen and oxygen atoms in total. The van der Waals surface area contributed by atoms with Crippen LogP contribution in [0.25, 0.3) is 0 Å². The summed E-state index contributed by atoms with van der Waals surface area (Å²) >= 11 is 0. The highest BCUT2D eigenvalue weighted by Crippen LogP contribution is 2.20. The molecule has 106 valence electrons. The van der Waals surface area contributed by atoms with Gasteiger partial charge in [-0.3, -0.25) is 4.79 Å². The number of nitrogens with two attached hydrogens (primary N) is 1. The third kappa shape index (κ3) is 4.16. The molecular formula is C15H24N2O2. The molecule has 0 spiro atoms.